The zero-order chi connectivity index (χ0) is 21.8. The lowest BCUT2D eigenvalue weighted by atomic mass is 9.97. The number of benzene rings is 2. The Morgan fingerprint density at radius 1 is 1.10 bits per heavy atom. The van der Waals surface area contributed by atoms with Crippen molar-refractivity contribution in [2.45, 2.75) is 38.8 Å². The highest BCUT2D eigenvalue weighted by atomic mass is 16.2. The van der Waals surface area contributed by atoms with Crippen molar-refractivity contribution in [2.24, 2.45) is 7.05 Å². The third kappa shape index (κ3) is 4.87. The maximum Gasteiger partial charge on any atom is 0.345 e. The molecule has 0 spiro atoms. The molecule has 1 aliphatic heterocycles. The van der Waals surface area contributed by atoms with Gasteiger partial charge in [0.1, 0.15) is 5.82 Å². The monoisotopic (exact) mass is 419 g/mol. The van der Waals surface area contributed by atoms with Gasteiger partial charge in [-0.2, -0.15) is 5.10 Å². The fourth-order valence-corrected chi connectivity index (χ4v) is 4.11. The van der Waals surface area contributed by atoms with Crippen molar-refractivity contribution >= 4 is 6.03 Å². The molecule has 2 heterocycles. The molecular weight excluding hydrogens is 390 g/mol. The topological polar surface area (TPSA) is 72.2 Å². The second-order valence-electron chi connectivity index (χ2n) is 8.27. The Bertz CT molecular complexity index is 1090. The van der Waals surface area contributed by atoms with Gasteiger partial charge in [-0.05, 0) is 30.9 Å². The number of urea groups is 1. The zero-order valence-corrected chi connectivity index (χ0v) is 18.1. The molecule has 1 aromatic heterocycles. The van der Waals surface area contributed by atoms with Gasteiger partial charge in [-0.3, -0.25) is 4.57 Å². The van der Waals surface area contributed by atoms with E-state index >= 15 is 0 Å². The molecule has 0 radical (unpaired) electrons. The van der Waals surface area contributed by atoms with Gasteiger partial charge in [-0.15, -0.1) is 0 Å². The molecule has 7 heteroatoms. The molecule has 7 nitrogen and oxygen atoms in total. The third-order valence-corrected chi connectivity index (χ3v) is 5.86. The van der Waals surface area contributed by atoms with Crippen molar-refractivity contribution in [1.29, 1.82) is 0 Å². The number of carbonyl (C=O) groups is 1. The summed E-state index contributed by atoms with van der Waals surface area (Å²) in [4.78, 5) is 27.3. The van der Waals surface area contributed by atoms with Gasteiger partial charge in [0.2, 0.25) is 0 Å². The van der Waals surface area contributed by atoms with Crippen LogP contribution in [0.3, 0.4) is 0 Å². The minimum absolute atomic E-state index is 0.0384. The van der Waals surface area contributed by atoms with E-state index in [2.05, 4.69) is 10.4 Å². The van der Waals surface area contributed by atoms with Crippen LogP contribution in [-0.2, 0) is 20.1 Å². The molecule has 0 bridgehead atoms. The van der Waals surface area contributed by atoms with Gasteiger partial charge >= 0.3 is 11.7 Å². The zero-order valence-electron chi connectivity index (χ0n) is 18.1. The number of carbonyl (C=O) groups excluding carboxylic acids is 1. The van der Waals surface area contributed by atoms with Crippen LogP contribution < -0.4 is 11.0 Å². The Hall–Kier alpha value is -3.35. The van der Waals surface area contributed by atoms with Gasteiger partial charge in [0.05, 0.1) is 6.54 Å². The Balaban J connectivity index is 1.45. The fraction of sp³-hybridized carbons (Fsp3) is 0.375. The SMILES string of the molecule is Cc1ccc(CNC(=O)N2CCCC(c3nn(C)c(=O)n3Cc3ccccc3)C2)cc1. The Labute approximate surface area is 182 Å². The summed E-state index contributed by atoms with van der Waals surface area (Å²) in [7, 11) is 1.68. The number of nitrogens with zero attached hydrogens (tertiary/aromatic N) is 4. The number of aryl methyl sites for hydroxylation is 2. The maximum absolute atomic E-state index is 12.8. The summed E-state index contributed by atoms with van der Waals surface area (Å²) in [6, 6.07) is 18.0. The van der Waals surface area contributed by atoms with Crippen LogP contribution in [0.1, 0.15) is 41.3 Å². The second-order valence-corrected chi connectivity index (χ2v) is 8.27. The van der Waals surface area contributed by atoms with Gasteiger partial charge in [-0.1, -0.05) is 60.2 Å². The largest absolute Gasteiger partial charge is 0.345 e. The molecule has 2 amide bonds. The summed E-state index contributed by atoms with van der Waals surface area (Å²) in [6.45, 7) is 4.31. The summed E-state index contributed by atoms with van der Waals surface area (Å²) >= 11 is 0. The van der Waals surface area contributed by atoms with Gasteiger partial charge < -0.3 is 10.2 Å². The average molecular weight is 420 g/mol. The van der Waals surface area contributed by atoms with Crippen LogP contribution in [0.5, 0.6) is 0 Å². The van der Waals surface area contributed by atoms with E-state index in [1.165, 1.54) is 10.2 Å². The standard InChI is InChI=1S/C24H29N5O2/c1-18-10-12-19(13-11-18)15-25-23(30)28-14-6-9-21(17-28)22-26-27(2)24(31)29(22)16-20-7-4-3-5-8-20/h3-5,7-8,10-13,21H,6,9,14-17H2,1-2H3,(H,25,30). The smallest absolute Gasteiger partial charge is 0.334 e. The summed E-state index contributed by atoms with van der Waals surface area (Å²) in [6.07, 6.45) is 1.80. The summed E-state index contributed by atoms with van der Waals surface area (Å²) in [5.41, 5.74) is 3.21. The van der Waals surface area contributed by atoms with Crippen molar-refractivity contribution in [2.75, 3.05) is 13.1 Å². The van der Waals surface area contributed by atoms with Crippen LogP contribution in [0.2, 0.25) is 0 Å². The van der Waals surface area contributed by atoms with Crippen molar-refractivity contribution in [3.05, 3.63) is 87.6 Å². The predicted octanol–water partition coefficient (Wildman–Crippen LogP) is 3.03. The predicted molar refractivity (Wildman–Crippen MR) is 120 cm³/mol. The molecule has 0 saturated carbocycles. The minimum Gasteiger partial charge on any atom is -0.334 e. The van der Waals surface area contributed by atoms with E-state index in [1.807, 2.05) is 66.4 Å². The number of piperidine rings is 1. The Morgan fingerprint density at radius 2 is 1.84 bits per heavy atom. The van der Waals surface area contributed by atoms with Crippen LogP contribution in [-0.4, -0.2) is 38.4 Å². The van der Waals surface area contributed by atoms with E-state index < -0.39 is 0 Å². The first-order valence-electron chi connectivity index (χ1n) is 10.8. The minimum atomic E-state index is -0.125. The van der Waals surface area contributed by atoms with Crippen molar-refractivity contribution in [3.8, 4) is 0 Å². The number of amides is 2. The highest BCUT2D eigenvalue weighted by Crippen LogP contribution is 2.25. The lowest BCUT2D eigenvalue weighted by molar-refractivity contribution is 0.177. The molecular formula is C24H29N5O2. The van der Waals surface area contributed by atoms with E-state index in [-0.39, 0.29) is 17.6 Å². The maximum atomic E-state index is 12.8. The first kappa shape index (κ1) is 20.9. The van der Waals surface area contributed by atoms with E-state index in [1.54, 1.807) is 11.6 Å². The van der Waals surface area contributed by atoms with Crippen molar-refractivity contribution in [3.63, 3.8) is 0 Å². The molecule has 0 aliphatic carbocycles. The summed E-state index contributed by atoms with van der Waals surface area (Å²) < 4.78 is 3.14. The molecule has 31 heavy (non-hydrogen) atoms. The quantitative estimate of drug-likeness (QED) is 0.691. The van der Waals surface area contributed by atoms with Gasteiger partial charge in [-0.25, -0.2) is 14.3 Å². The van der Waals surface area contributed by atoms with Gasteiger partial charge in [0.15, 0.2) is 0 Å². The number of aromatic nitrogens is 3. The fourth-order valence-electron chi connectivity index (χ4n) is 4.11. The third-order valence-electron chi connectivity index (χ3n) is 5.86. The van der Waals surface area contributed by atoms with E-state index in [0.717, 1.165) is 29.8 Å². The number of nitrogens with one attached hydrogen (secondary N) is 1. The molecule has 1 N–H and O–H groups in total. The molecule has 2 aromatic carbocycles. The molecule has 1 saturated heterocycles. The van der Waals surface area contributed by atoms with Crippen LogP contribution in [0.25, 0.3) is 0 Å². The number of hydrogen-bond acceptors (Lipinski definition) is 3. The molecule has 1 unspecified atom stereocenters. The lowest BCUT2D eigenvalue weighted by Crippen LogP contribution is -2.45. The number of rotatable bonds is 5. The molecule has 1 fully saturated rings. The van der Waals surface area contributed by atoms with Crippen LogP contribution in [0.15, 0.2) is 59.4 Å². The first-order valence-corrected chi connectivity index (χ1v) is 10.8. The lowest BCUT2D eigenvalue weighted by Gasteiger charge is -2.32. The van der Waals surface area contributed by atoms with Crippen LogP contribution in [0.4, 0.5) is 4.79 Å². The second kappa shape index (κ2) is 9.20. The number of likely N-dealkylation sites (tertiary alicyclic amines) is 1. The first-order chi connectivity index (χ1) is 15.0. The Morgan fingerprint density at radius 3 is 2.58 bits per heavy atom. The van der Waals surface area contributed by atoms with E-state index in [0.29, 0.717) is 26.2 Å². The molecule has 1 aliphatic rings. The Kier molecular flexibility index (Phi) is 6.21. The molecule has 162 valence electrons. The van der Waals surface area contributed by atoms with Crippen LogP contribution >= 0.6 is 0 Å². The van der Waals surface area contributed by atoms with E-state index in [4.69, 9.17) is 0 Å². The van der Waals surface area contributed by atoms with Crippen LogP contribution in [0, 0.1) is 6.92 Å². The number of hydrogen-bond donors (Lipinski definition) is 1. The van der Waals surface area contributed by atoms with Crippen molar-refractivity contribution in [1.82, 2.24) is 24.6 Å². The van der Waals surface area contributed by atoms with Gasteiger partial charge in [0.25, 0.3) is 0 Å². The van der Waals surface area contributed by atoms with E-state index in [9.17, 15) is 9.59 Å². The van der Waals surface area contributed by atoms with Gasteiger partial charge in [0, 0.05) is 32.6 Å². The molecule has 3 aromatic rings. The molecule has 1 atom stereocenters. The summed E-state index contributed by atoms with van der Waals surface area (Å²) in [5, 5.41) is 7.56. The molecule has 4 rings (SSSR count). The summed E-state index contributed by atoms with van der Waals surface area (Å²) in [5.74, 6) is 0.795. The average Bonchev–Trinajstić information content (AvgIpc) is 3.08. The van der Waals surface area contributed by atoms with Crippen molar-refractivity contribution < 1.29 is 4.79 Å². The highest BCUT2D eigenvalue weighted by Gasteiger charge is 2.29. The normalized spacial score (nSPS) is 16.3. The highest BCUT2D eigenvalue weighted by molar-refractivity contribution is 5.74.